The molecule has 2 aliphatic heterocycles. The Kier molecular flexibility index (Phi) is 4.65. The van der Waals surface area contributed by atoms with Crippen molar-refractivity contribution in [3.63, 3.8) is 0 Å². The van der Waals surface area contributed by atoms with Crippen LogP contribution in [-0.4, -0.2) is 23.8 Å². The largest absolute Gasteiger partial charge is 0.493 e. The molecule has 1 spiro atoms. The van der Waals surface area contributed by atoms with Crippen LogP contribution in [0, 0.1) is 5.41 Å². The fourth-order valence-electron chi connectivity index (χ4n) is 4.86. The number of benzene rings is 3. The third kappa shape index (κ3) is 3.60. The Morgan fingerprint density at radius 1 is 0.971 bits per heavy atom. The van der Waals surface area contributed by atoms with Crippen LogP contribution in [0.2, 0.25) is 0 Å². The predicted molar refractivity (Wildman–Crippen MR) is 138 cm³/mol. The minimum Gasteiger partial charge on any atom is -0.493 e. The molecule has 0 aliphatic carbocycles. The molecule has 1 atom stereocenters. The van der Waals surface area contributed by atoms with Gasteiger partial charge in [0.25, 0.3) is 6.02 Å². The second-order valence-corrected chi connectivity index (χ2v) is 10.6. The molecule has 6 nitrogen and oxygen atoms in total. The maximum Gasteiger partial charge on any atom is 0.283 e. The fraction of sp³-hybridized carbons (Fsp3) is 0.276. The van der Waals surface area contributed by atoms with Crippen molar-refractivity contribution in [2.24, 2.45) is 23.2 Å². The first-order valence-corrected chi connectivity index (χ1v) is 11.9. The number of ether oxygens (including phenoxy) is 3. The number of nitrogens with two attached hydrogens (primary N) is 1. The molecule has 0 amide bonds. The third-order valence-electron chi connectivity index (χ3n) is 6.66. The normalized spacial score (nSPS) is 18.6. The molecule has 0 saturated carbocycles. The monoisotopic (exact) mass is 467 g/mol. The number of amidine groups is 1. The van der Waals surface area contributed by atoms with Gasteiger partial charge in [-0.15, -0.1) is 0 Å². The molecule has 6 rings (SSSR count). The zero-order valence-electron chi connectivity index (χ0n) is 20.5. The van der Waals surface area contributed by atoms with E-state index < -0.39 is 5.54 Å². The summed E-state index contributed by atoms with van der Waals surface area (Å²) in [6, 6.07) is 21.0. The van der Waals surface area contributed by atoms with E-state index in [-0.39, 0.29) is 11.4 Å². The molecule has 35 heavy (non-hydrogen) atoms. The van der Waals surface area contributed by atoms with Crippen LogP contribution in [0.3, 0.4) is 0 Å². The second-order valence-electron chi connectivity index (χ2n) is 10.6. The molecule has 3 aromatic carbocycles. The van der Waals surface area contributed by atoms with E-state index in [0.29, 0.717) is 13.2 Å². The number of nitrogens with zero attached hydrogens (tertiary/aromatic N) is 2. The van der Waals surface area contributed by atoms with Crippen molar-refractivity contribution in [1.29, 1.82) is 0 Å². The number of aliphatic imine (C=N–C) groups is 1. The van der Waals surface area contributed by atoms with E-state index in [0.717, 1.165) is 39.5 Å². The van der Waals surface area contributed by atoms with Gasteiger partial charge in [-0.3, -0.25) is 0 Å². The topological polar surface area (TPSA) is 71.0 Å². The minimum absolute atomic E-state index is 0.0461. The van der Waals surface area contributed by atoms with Gasteiger partial charge in [-0.25, -0.2) is 4.99 Å². The van der Waals surface area contributed by atoms with Gasteiger partial charge < -0.3 is 24.5 Å². The standard InChI is InChI=1S/C29H29N3O3/c1-28(2,3)16-33-21-7-10-26-23(15-21)29(17-34-27(30)31-29)22-14-19(6-9-25(22)35-26)18-5-8-24-20(13-18)11-12-32(24)4/h5-15H,16-17H2,1-4H3,(H2,30,31)/t29-/m0/s1. The Morgan fingerprint density at radius 3 is 2.43 bits per heavy atom. The number of fused-ring (bicyclic) bond motifs is 5. The summed E-state index contributed by atoms with van der Waals surface area (Å²) >= 11 is 0. The highest BCUT2D eigenvalue weighted by atomic mass is 16.5. The lowest BCUT2D eigenvalue weighted by Gasteiger charge is -2.34. The zero-order valence-corrected chi connectivity index (χ0v) is 20.5. The van der Waals surface area contributed by atoms with Gasteiger partial charge in [0, 0.05) is 35.3 Å². The lowest BCUT2D eigenvalue weighted by atomic mass is 9.80. The summed E-state index contributed by atoms with van der Waals surface area (Å²) in [5, 5.41) is 1.20. The number of aryl methyl sites for hydroxylation is 1. The van der Waals surface area contributed by atoms with Gasteiger partial charge in [0.1, 0.15) is 23.9 Å². The molecule has 178 valence electrons. The summed E-state index contributed by atoms with van der Waals surface area (Å²) in [6.07, 6.45) is 2.08. The van der Waals surface area contributed by atoms with Crippen molar-refractivity contribution >= 4 is 16.9 Å². The van der Waals surface area contributed by atoms with Crippen LogP contribution in [0.4, 0.5) is 0 Å². The summed E-state index contributed by atoms with van der Waals surface area (Å²) in [6.45, 7) is 7.36. The lowest BCUT2D eigenvalue weighted by Crippen LogP contribution is -2.31. The predicted octanol–water partition coefficient (Wildman–Crippen LogP) is 5.96. The smallest absolute Gasteiger partial charge is 0.283 e. The molecule has 4 aromatic rings. The summed E-state index contributed by atoms with van der Waals surface area (Å²) in [5.41, 5.74) is 10.6. The summed E-state index contributed by atoms with van der Waals surface area (Å²) < 4.78 is 20.3. The molecule has 0 bridgehead atoms. The van der Waals surface area contributed by atoms with E-state index in [2.05, 4.69) is 75.0 Å². The first kappa shape index (κ1) is 21.6. The van der Waals surface area contributed by atoms with Crippen LogP contribution >= 0.6 is 0 Å². The van der Waals surface area contributed by atoms with E-state index >= 15 is 0 Å². The van der Waals surface area contributed by atoms with Gasteiger partial charge in [0.2, 0.25) is 0 Å². The molecule has 0 unspecified atom stereocenters. The molecule has 1 aromatic heterocycles. The Bertz CT molecular complexity index is 1500. The van der Waals surface area contributed by atoms with Gasteiger partial charge in [-0.2, -0.15) is 0 Å². The average molecular weight is 468 g/mol. The van der Waals surface area contributed by atoms with Crippen LogP contribution in [0.1, 0.15) is 31.9 Å². The van der Waals surface area contributed by atoms with Gasteiger partial charge >= 0.3 is 0 Å². The summed E-state index contributed by atoms with van der Waals surface area (Å²) in [5.74, 6) is 2.27. The molecular weight excluding hydrogens is 438 g/mol. The summed E-state index contributed by atoms with van der Waals surface area (Å²) in [7, 11) is 2.06. The van der Waals surface area contributed by atoms with Crippen molar-refractivity contribution in [3.05, 3.63) is 78.0 Å². The quantitative estimate of drug-likeness (QED) is 0.403. The van der Waals surface area contributed by atoms with Gasteiger partial charge in [0.15, 0.2) is 5.54 Å². The van der Waals surface area contributed by atoms with E-state index in [9.17, 15) is 0 Å². The highest BCUT2D eigenvalue weighted by Gasteiger charge is 2.47. The molecule has 0 radical (unpaired) electrons. The van der Waals surface area contributed by atoms with E-state index in [1.54, 1.807) is 0 Å². The number of rotatable bonds is 3. The second kappa shape index (κ2) is 7.54. The number of aromatic nitrogens is 1. The Balaban J connectivity index is 1.46. The first-order valence-electron chi connectivity index (χ1n) is 11.9. The Labute approximate surface area is 204 Å². The molecule has 0 fully saturated rings. The Hall–Kier alpha value is -3.93. The van der Waals surface area contributed by atoms with Crippen molar-refractivity contribution < 1.29 is 14.2 Å². The molecular formula is C29H29N3O3. The van der Waals surface area contributed by atoms with Crippen molar-refractivity contribution in [3.8, 4) is 28.4 Å². The maximum absolute atomic E-state index is 6.34. The fourth-order valence-corrected chi connectivity index (χ4v) is 4.86. The Morgan fingerprint density at radius 2 is 1.69 bits per heavy atom. The van der Waals surface area contributed by atoms with E-state index in [1.165, 1.54) is 10.9 Å². The van der Waals surface area contributed by atoms with Crippen LogP contribution in [-0.2, 0) is 17.3 Å². The van der Waals surface area contributed by atoms with Crippen LogP contribution < -0.4 is 15.2 Å². The van der Waals surface area contributed by atoms with Crippen LogP contribution in [0.25, 0.3) is 22.0 Å². The highest BCUT2D eigenvalue weighted by Crippen LogP contribution is 2.52. The zero-order chi connectivity index (χ0) is 24.4. The highest BCUT2D eigenvalue weighted by molar-refractivity contribution is 5.86. The molecule has 0 saturated heterocycles. The lowest BCUT2D eigenvalue weighted by molar-refractivity contribution is 0.197. The molecule has 3 heterocycles. The van der Waals surface area contributed by atoms with Gasteiger partial charge in [-0.05, 0) is 65.1 Å². The third-order valence-corrected chi connectivity index (χ3v) is 6.66. The SMILES string of the molecule is Cn1ccc2cc(-c3ccc4c(c3)[C@@]3(COC(N)=N3)c3cc(OCC(C)(C)C)ccc3O4)ccc21. The molecule has 2 aliphatic rings. The van der Waals surface area contributed by atoms with Gasteiger partial charge in [0.05, 0.1) is 6.61 Å². The number of hydrogen-bond donors (Lipinski definition) is 1. The van der Waals surface area contributed by atoms with E-state index in [4.69, 9.17) is 24.9 Å². The molecule has 2 N–H and O–H groups in total. The maximum atomic E-state index is 6.34. The van der Waals surface area contributed by atoms with Crippen LogP contribution in [0.5, 0.6) is 17.2 Å². The number of hydrogen-bond acceptors (Lipinski definition) is 5. The van der Waals surface area contributed by atoms with Crippen molar-refractivity contribution in [2.75, 3.05) is 13.2 Å². The minimum atomic E-state index is -0.791. The average Bonchev–Trinajstić information content (AvgIpc) is 3.40. The molecule has 6 heteroatoms. The van der Waals surface area contributed by atoms with E-state index in [1.807, 2.05) is 24.3 Å². The van der Waals surface area contributed by atoms with Crippen molar-refractivity contribution in [1.82, 2.24) is 4.57 Å². The summed E-state index contributed by atoms with van der Waals surface area (Å²) in [4.78, 5) is 4.83. The van der Waals surface area contributed by atoms with Crippen molar-refractivity contribution in [2.45, 2.75) is 26.3 Å². The van der Waals surface area contributed by atoms with Gasteiger partial charge in [-0.1, -0.05) is 32.9 Å². The first-order chi connectivity index (χ1) is 16.7. The van der Waals surface area contributed by atoms with Crippen LogP contribution in [0.15, 0.2) is 71.9 Å².